The van der Waals surface area contributed by atoms with Crippen LogP contribution in [0.3, 0.4) is 0 Å². The summed E-state index contributed by atoms with van der Waals surface area (Å²) in [5, 5.41) is 17.3. The summed E-state index contributed by atoms with van der Waals surface area (Å²) in [6.07, 6.45) is -0.0684. The molecule has 3 aromatic rings. The highest BCUT2D eigenvalue weighted by atomic mass is 35.5. The Labute approximate surface area is 178 Å². The molecule has 150 valence electrons. The smallest absolute Gasteiger partial charge is 0.307 e. The molecule has 0 spiro atoms. The molecule has 8 heteroatoms. The fraction of sp³-hybridized carbons (Fsp3) is 0.190. The van der Waals surface area contributed by atoms with E-state index in [0.29, 0.717) is 39.1 Å². The zero-order valence-electron chi connectivity index (χ0n) is 15.9. The van der Waals surface area contributed by atoms with Crippen molar-refractivity contribution in [2.75, 3.05) is 5.32 Å². The van der Waals surface area contributed by atoms with Crippen LogP contribution in [-0.2, 0) is 17.8 Å². The number of hydrogen-bond donors (Lipinski definition) is 2. The van der Waals surface area contributed by atoms with Crippen LogP contribution < -0.4 is 5.32 Å². The van der Waals surface area contributed by atoms with E-state index >= 15 is 0 Å². The summed E-state index contributed by atoms with van der Waals surface area (Å²) >= 11 is 12.3. The monoisotopic (exact) mass is 431 g/mol. The van der Waals surface area contributed by atoms with Crippen molar-refractivity contribution in [3.63, 3.8) is 0 Å². The summed E-state index contributed by atoms with van der Waals surface area (Å²) in [4.78, 5) is 23.4. The standard InChI is InChI=1S/C21H19Cl2N3O3/c1-12-18(10-20(27)28)13(2)26(25-12)11-15-5-8-17(9-19(15)23)24-21(29)14-3-6-16(22)7-4-14/h3-9H,10-11H2,1-2H3,(H,24,29)(H,27,28). The van der Waals surface area contributed by atoms with Gasteiger partial charge in [0.1, 0.15) is 0 Å². The molecule has 0 radical (unpaired) electrons. The Bertz CT molecular complexity index is 1080. The lowest BCUT2D eigenvalue weighted by atomic mass is 10.1. The summed E-state index contributed by atoms with van der Waals surface area (Å²) in [5.41, 5.74) is 4.06. The van der Waals surface area contributed by atoms with E-state index in [4.69, 9.17) is 28.3 Å². The second kappa shape index (κ2) is 8.68. The maximum absolute atomic E-state index is 12.3. The van der Waals surface area contributed by atoms with Crippen molar-refractivity contribution in [1.29, 1.82) is 0 Å². The average Bonchev–Trinajstić information content (AvgIpc) is 2.91. The number of anilines is 1. The molecule has 0 saturated heterocycles. The largest absolute Gasteiger partial charge is 0.481 e. The van der Waals surface area contributed by atoms with E-state index in [9.17, 15) is 9.59 Å². The second-order valence-corrected chi connectivity index (χ2v) is 7.49. The van der Waals surface area contributed by atoms with Crippen LogP contribution in [0.15, 0.2) is 42.5 Å². The minimum atomic E-state index is -0.894. The van der Waals surface area contributed by atoms with Crippen molar-refractivity contribution >= 4 is 40.8 Å². The van der Waals surface area contributed by atoms with Gasteiger partial charge in [-0.1, -0.05) is 29.3 Å². The van der Waals surface area contributed by atoms with Crippen LogP contribution in [0.1, 0.15) is 32.9 Å². The minimum Gasteiger partial charge on any atom is -0.481 e. The van der Waals surface area contributed by atoms with Gasteiger partial charge in [-0.3, -0.25) is 14.3 Å². The van der Waals surface area contributed by atoms with E-state index < -0.39 is 5.97 Å². The first-order valence-corrected chi connectivity index (χ1v) is 9.60. The third-order valence-corrected chi connectivity index (χ3v) is 5.20. The van der Waals surface area contributed by atoms with Gasteiger partial charge >= 0.3 is 5.97 Å². The third kappa shape index (κ3) is 4.96. The Balaban J connectivity index is 1.75. The van der Waals surface area contributed by atoms with Crippen LogP contribution in [0.2, 0.25) is 10.0 Å². The molecule has 2 aromatic carbocycles. The molecule has 0 aliphatic rings. The first kappa shape index (κ1) is 20.9. The highest BCUT2D eigenvalue weighted by Gasteiger charge is 2.15. The summed E-state index contributed by atoms with van der Waals surface area (Å²) in [7, 11) is 0. The highest BCUT2D eigenvalue weighted by molar-refractivity contribution is 6.31. The maximum atomic E-state index is 12.3. The molecule has 0 aliphatic carbocycles. The number of halogens is 2. The Morgan fingerprint density at radius 1 is 1.10 bits per heavy atom. The first-order valence-electron chi connectivity index (χ1n) is 8.84. The summed E-state index contributed by atoms with van der Waals surface area (Å²) < 4.78 is 1.74. The molecular formula is C21H19Cl2N3O3. The number of carboxylic acids is 1. The van der Waals surface area contributed by atoms with E-state index in [1.54, 1.807) is 48.0 Å². The van der Waals surface area contributed by atoms with Crippen molar-refractivity contribution in [3.05, 3.63) is 80.6 Å². The fourth-order valence-corrected chi connectivity index (χ4v) is 3.38. The van der Waals surface area contributed by atoms with Gasteiger partial charge in [0.25, 0.3) is 5.91 Å². The second-order valence-electron chi connectivity index (χ2n) is 6.64. The molecule has 1 heterocycles. The first-order chi connectivity index (χ1) is 13.7. The highest BCUT2D eigenvalue weighted by Crippen LogP contribution is 2.24. The van der Waals surface area contributed by atoms with Gasteiger partial charge in [0.05, 0.1) is 18.7 Å². The molecule has 0 bridgehead atoms. The molecule has 0 aliphatic heterocycles. The number of rotatable bonds is 6. The van der Waals surface area contributed by atoms with E-state index in [-0.39, 0.29) is 12.3 Å². The number of aryl methyl sites for hydroxylation is 1. The van der Waals surface area contributed by atoms with Crippen molar-refractivity contribution in [2.24, 2.45) is 0 Å². The number of carbonyl (C=O) groups excluding carboxylic acids is 1. The molecule has 3 rings (SSSR count). The summed E-state index contributed by atoms with van der Waals surface area (Å²) in [6, 6.07) is 11.8. The predicted octanol–water partition coefficient (Wildman–Crippen LogP) is 4.73. The van der Waals surface area contributed by atoms with Gasteiger partial charge in [-0.2, -0.15) is 5.10 Å². The molecule has 0 saturated carbocycles. The number of nitrogens with zero attached hydrogens (tertiary/aromatic N) is 2. The number of hydrogen-bond acceptors (Lipinski definition) is 3. The van der Waals surface area contributed by atoms with Crippen molar-refractivity contribution < 1.29 is 14.7 Å². The molecule has 29 heavy (non-hydrogen) atoms. The number of aliphatic carboxylic acids is 1. The Morgan fingerprint density at radius 3 is 2.41 bits per heavy atom. The molecule has 1 amide bonds. The van der Waals surface area contributed by atoms with E-state index in [1.807, 2.05) is 13.0 Å². The molecule has 0 fully saturated rings. The lowest BCUT2D eigenvalue weighted by Crippen LogP contribution is -2.12. The quantitative estimate of drug-likeness (QED) is 0.590. The van der Waals surface area contributed by atoms with E-state index in [0.717, 1.165) is 11.3 Å². The number of benzene rings is 2. The normalized spacial score (nSPS) is 10.8. The Morgan fingerprint density at radius 2 is 1.79 bits per heavy atom. The predicted molar refractivity (Wildman–Crippen MR) is 113 cm³/mol. The van der Waals surface area contributed by atoms with Gasteiger partial charge in [0, 0.05) is 32.6 Å². The molecular weight excluding hydrogens is 413 g/mol. The van der Waals surface area contributed by atoms with Crippen LogP contribution in [0.25, 0.3) is 0 Å². The maximum Gasteiger partial charge on any atom is 0.307 e. The fourth-order valence-electron chi connectivity index (χ4n) is 3.01. The topological polar surface area (TPSA) is 84.2 Å². The zero-order valence-corrected chi connectivity index (χ0v) is 17.4. The zero-order chi connectivity index (χ0) is 21.1. The number of amides is 1. The Kier molecular flexibility index (Phi) is 6.25. The molecule has 0 unspecified atom stereocenters. The number of carbonyl (C=O) groups is 2. The number of aromatic nitrogens is 2. The van der Waals surface area contributed by atoms with Gasteiger partial charge in [-0.15, -0.1) is 0 Å². The third-order valence-electron chi connectivity index (χ3n) is 4.60. The minimum absolute atomic E-state index is 0.0684. The number of carboxylic acid groups (broad SMARTS) is 1. The summed E-state index contributed by atoms with van der Waals surface area (Å²) in [5.74, 6) is -1.16. The molecule has 1 aromatic heterocycles. The van der Waals surface area contributed by atoms with Crippen molar-refractivity contribution in [2.45, 2.75) is 26.8 Å². The molecule has 0 atom stereocenters. The van der Waals surface area contributed by atoms with Crippen LogP contribution in [-0.4, -0.2) is 26.8 Å². The lowest BCUT2D eigenvalue weighted by Gasteiger charge is -2.10. The SMILES string of the molecule is Cc1nn(Cc2ccc(NC(=O)c3ccc(Cl)cc3)cc2Cl)c(C)c1CC(=O)O. The number of nitrogens with one attached hydrogen (secondary N) is 1. The van der Waals surface area contributed by atoms with Crippen LogP contribution in [0.4, 0.5) is 5.69 Å². The van der Waals surface area contributed by atoms with Gasteiger partial charge in [-0.25, -0.2) is 0 Å². The van der Waals surface area contributed by atoms with Crippen molar-refractivity contribution in [3.8, 4) is 0 Å². The van der Waals surface area contributed by atoms with Gasteiger partial charge < -0.3 is 10.4 Å². The van der Waals surface area contributed by atoms with E-state index in [1.165, 1.54) is 0 Å². The lowest BCUT2D eigenvalue weighted by molar-refractivity contribution is -0.136. The summed E-state index contributed by atoms with van der Waals surface area (Å²) in [6.45, 7) is 4.03. The van der Waals surface area contributed by atoms with Gasteiger partial charge in [0.2, 0.25) is 0 Å². The van der Waals surface area contributed by atoms with E-state index in [2.05, 4.69) is 10.4 Å². The van der Waals surface area contributed by atoms with Crippen LogP contribution in [0, 0.1) is 13.8 Å². The average molecular weight is 432 g/mol. The van der Waals surface area contributed by atoms with Gasteiger partial charge in [-0.05, 0) is 55.8 Å². The van der Waals surface area contributed by atoms with Crippen LogP contribution >= 0.6 is 23.2 Å². The molecule has 2 N–H and O–H groups in total. The van der Waals surface area contributed by atoms with Crippen molar-refractivity contribution in [1.82, 2.24) is 9.78 Å². The Hall–Kier alpha value is -2.83. The molecule has 6 nitrogen and oxygen atoms in total. The van der Waals surface area contributed by atoms with Crippen LogP contribution in [0.5, 0.6) is 0 Å². The van der Waals surface area contributed by atoms with Gasteiger partial charge in [0.15, 0.2) is 0 Å².